The minimum Gasteiger partial charge on any atom is -0.313 e. The summed E-state index contributed by atoms with van der Waals surface area (Å²) in [6, 6.07) is 0.534. The van der Waals surface area contributed by atoms with Crippen LogP contribution in [0.2, 0.25) is 0 Å². The Morgan fingerprint density at radius 2 is 1.93 bits per heavy atom. The topological polar surface area (TPSA) is 12.0 Å². The molecule has 0 aliphatic heterocycles. The molecule has 1 nitrogen and oxygen atoms in total. The van der Waals surface area contributed by atoms with Crippen molar-refractivity contribution in [3.05, 3.63) is 0 Å². The predicted octanol–water partition coefficient (Wildman–Crippen LogP) is 3.59. The monoisotopic (exact) mass is 209 g/mol. The average molecular weight is 209 g/mol. The van der Waals surface area contributed by atoms with Gasteiger partial charge in [0.15, 0.2) is 0 Å². The summed E-state index contributed by atoms with van der Waals surface area (Å²) >= 11 is 0. The van der Waals surface area contributed by atoms with Crippen LogP contribution in [-0.4, -0.2) is 12.6 Å². The first-order valence-electron chi connectivity index (χ1n) is 6.46. The number of rotatable bonds is 9. The highest BCUT2D eigenvalue weighted by atomic mass is 14.9. The van der Waals surface area contributed by atoms with E-state index in [1.54, 1.807) is 0 Å². The molecule has 0 heterocycles. The van der Waals surface area contributed by atoms with Gasteiger partial charge in [-0.1, -0.05) is 40.0 Å². The number of hydrogen-bond donors (Lipinski definition) is 1. The van der Waals surface area contributed by atoms with Gasteiger partial charge in [0.05, 0.1) is 0 Å². The third kappa shape index (κ3) is 6.57. The van der Waals surface area contributed by atoms with E-state index in [-0.39, 0.29) is 0 Å². The second kappa shape index (κ2) is 10.1. The molecule has 0 rings (SSSR count). The second-order valence-corrected chi connectivity index (χ2v) is 4.28. The van der Waals surface area contributed by atoms with Gasteiger partial charge in [-0.15, -0.1) is 12.3 Å². The van der Waals surface area contributed by atoms with Gasteiger partial charge < -0.3 is 5.32 Å². The average Bonchev–Trinajstić information content (AvgIpc) is 2.26. The fourth-order valence-electron chi connectivity index (χ4n) is 2.02. The van der Waals surface area contributed by atoms with Gasteiger partial charge in [0.1, 0.15) is 0 Å². The first-order valence-corrected chi connectivity index (χ1v) is 6.46. The van der Waals surface area contributed by atoms with Crippen LogP contribution < -0.4 is 5.32 Å². The van der Waals surface area contributed by atoms with E-state index >= 15 is 0 Å². The van der Waals surface area contributed by atoms with Crippen molar-refractivity contribution in [3.63, 3.8) is 0 Å². The Morgan fingerprint density at radius 1 is 1.20 bits per heavy atom. The summed E-state index contributed by atoms with van der Waals surface area (Å²) in [6.45, 7) is 7.82. The zero-order valence-electron chi connectivity index (χ0n) is 10.7. The number of hydrogen-bond acceptors (Lipinski definition) is 1. The lowest BCUT2D eigenvalue weighted by atomic mass is 9.89. The van der Waals surface area contributed by atoms with Crippen LogP contribution in [-0.2, 0) is 0 Å². The Bertz CT molecular complexity index is 169. The van der Waals surface area contributed by atoms with Crippen LogP contribution >= 0.6 is 0 Å². The molecule has 1 heteroatoms. The lowest BCUT2D eigenvalue weighted by Crippen LogP contribution is -2.36. The van der Waals surface area contributed by atoms with Crippen molar-refractivity contribution in [2.45, 2.75) is 65.3 Å². The maximum Gasteiger partial charge on any atom is 0.0243 e. The van der Waals surface area contributed by atoms with E-state index in [0.717, 1.165) is 18.9 Å². The molecular weight excluding hydrogens is 182 g/mol. The van der Waals surface area contributed by atoms with Crippen LogP contribution in [0.15, 0.2) is 0 Å². The molecule has 2 atom stereocenters. The van der Waals surface area contributed by atoms with Crippen LogP contribution in [0.1, 0.15) is 59.3 Å². The molecule has 0 radical (unpaired) electrons. The third-order valence-corrected chi connectivity index (χ3v) is 3.02. The molecule has 0 bridgehead atoms. The van der Waals surface area contributed by atoms with Crippen molar-refractivity contribution in [3.8, 4) is 12.3 Å². The Morgan fingerprint density at radius 3 is 2.40 bits per heavy atom. The molecule has 88 valence electrons. The molecule has 0 aliphatic rings. The minimum atomic E-state index is 0.534. The Hall–Kier alpha value is -0.480. The molecule has 2 unspecified atom stereocenters. The zero-order chi connectivity index (χ0) is 11.5. The largest absolute Gasteiger partial charge is 0.313 e. The molecule has 0 aromatic heterocycles. The molecule has 15 heavy (non-hydrogen) atoms. The fraction of sp³-hybridized carbons (Fsp3) is 0.857. The molecule has 0 saturated carbocycles. The highest BCUT2D eigenvalue weighted by molar-refractivity contribution is 4.92. The standard InChI is InChI=1S/C14H27N/c1-5-9-11-13(8-4)14(10-6-2)15-12-7-3/h2,13-15H,5,7-12H2,1,3-4H3. The zero-order valence-corrected chi connectivity index (χ0v) is 10.7. The Kier molecular flexibility index (Phi) is 9.73. The molecule has 0 aromatic carbocycles. The van der Waals surface area contributed by atoms with E-state index in [0.29, 0.717) is 6.04 Å². The first kappa shape index (κ1) is 14.5. The summed E-state index contributed by atoms with van der Waals surface area (Å²) in [5.74, 6) is 3.56. The van der Waals surface area contributed by atoms with Gasteiger partial charge >= 0.3 is 0 Å². The second-order valence-electron chi connectivity index (χ2n) is 4.28. The normalized spacial score (nSPS) is 14.5. The quantitative estimate of drug-likeness (QED) is 0.572. The van der Waals surface area contributed by atoms with Crippen molar-refractivity contribution in [2.75, 3.05) is 6.54 Å². The summed E-state index contributed by atoms with van der Waals surface area (Å²) < 4.78 is 0. The third-order valence-electron chi connectivity index (χ3n) is 3.02. The smallest absolute Gasteiger partial charge is 0.0243 e. The lowest BCUT2D eigenvalue weighted by Gasteiger charge is -2.25. The molecule has 0 spiro atoms. The van der Waals surface area contributed by atoms with Crippen LogP contribution in [0.25, 0.3) is 0 Å². The highest BCUT2D eigenvalue weighted by Crippen LogP contribution is 2.19. The Balaban J connectivity index is 4.08. The Labute approximate surface area is 96.0 Å². The van der Waals surface area contributed by atoms with E-state index in [1.807, 2.05) is 0 Å². The summed E-state index contributed by atoms with van der Waals surface area (Å²) in [5, 5.41) is 3.59. The first-order chi connectivity index (χ1) is 7.29. The lowest BCUT2D eigenvalue weighted by molar-refractivity contribution is 0.321. The predicted molar refractivity (Wildman–Crippen MR) is 68.8 cm³/mol. The molecule has 0 fully saturated rings. The van der Waals surface area contributed by atoms with Gasteiger partial charge in [0.2, 0.25) is 0 Å². The van der Waals surface area contributed by atoms with E-state index in [1.165, 1.54) is 32.1 Å². The van der Waals surface area contributed by atoms with Gasteiger partial charge in [0.25, 0.3) is 0 Å². The highest BCUT2D eigenvalue weighted by Gasteiger charge is 2.17. The maximum atomic E-state index is 5.43. The SMILES string of the molecule is C#CCC(NCCC)C(CC)CCCC. The van der Waals surface area contributed by atoms with Gasteiger partial charge in [0, 0.05) is 12.5 Å². The molecule has 0 amide bonds. The van der Waals surface area contributed by atoms with Crippen molar-refractivity contribution in [2.24, 2.45) is 5.92 Å². The molecular formula is C14H27N. The number of nitrogens with one attached hydrogen (secondary N) is 1. The van der Waals surface area contributed by atoms with Crippen molar-refractivity contribution >= 4 is 0 Å². The molecule has 0 aromatic rings. The number of unbranched alkanes of at least 4 members (excludes halogenated alkanes) is 1. The van der Waals surface area contributed by atoms with Gasteiger partial charge in [-0.2, -0.15) is 0 Å². The van der Waals surface area contributed by atoms with Crippen molar-refractivity contribution < 1.29 is 0 Å². The van der Waals surface area contributed by atoms with Crippen molar-refractivity contribution in [1.29, 1.82) is 0 Å². The maximum absolute atomic E-state index is 5.43. The van der Waals surface area contributed by atoms with Crippen LogP contribution in [0.5, 0.6) is 0 Å². The van der Waals surface area contributed by atoms with Crippen LogP contribution in [0.4, 0.5) is 0 Å². The molecule has 1 N–H and O–H groups in total. The van der Waals surface area contributed by atoms with E-state index in [9.17, 15) is 0 Å². The fourth-order valence-corrected chi connectivity index (χ4v) is 2.02. The summed E-state index contributed by atoms with van der Waals surface area (Å²) in [6.07, 6.45) is 12.7. The van der Waals surface area contributed by atoms with Crippen LogP contribution in [0, 0.1) is 18.3 Å². The minimum absolute atomic E-state index is 0.534. The van der Waals surface area contributed by atoms with E-state index in [2.05, 4.69) is 32.0 Å². The van der Waals surface area contributed by atoms with Gasteiger partial charge in [-0.05, 0) is 25.3 Å². The van der Waals surface area contributed by atoms with Crippen LogP contribution in [0.3, 0.4) is 0 Å². The van der Waals surface area contributed by atoms with Gasteiger partial charge in [-0.3, -0.25) is 0 Å². The summed E-state index contributed by atoms with van der Waals surface area (Å²) in [4.78, 5) is 0. The van der Waals surface area contributed by atoms with Gasteiger partial charge in [-0.25, -0.2) is 0 Å². The van der Waals surface area contributed by atoms with E-state index < -0.39 is 0 Å². The summed E-state index contributed by atoms with van der Waals surface area (Å²) in [7, 11) is 0. The molecule has 0 aliphatic carbocycles. The molecule has 0 saturated heterocycles. The number of terminal acetylenes is 1. The van der Waals surface area contributed by atoms with E-state index in [4.69, 9.17) is 6.42 Å². The summed E-state index contributed by atoms with van der Waals surface area (Å²) in [5.41, 5.74) is 0. The van der Waals surface area contributed by atoms with Crippen molar-refractivity contribution in [1.82, 2.24) is 5.32 Å².